The van der Waals surface area contributed by atoms with E-state index >= 15 is 0 Å². The monoisotopic (exact) mass is 288 g/mol. The number of hydrogen-bond acceptors (Lipinski definition) is 4. The summed E-state index contributed by atoms with van der Waals surface area (Å²) in [5.41, 5.74) is 0. The maximum absolute atomic E-state index is 11.6. The zero-order valence-corrected chi connectivity index (χ0v) is 12.8. The lowest BCUT2D eigenvalue weighted by atomic mass is 10.3. The SMILES string of the molecule is CCOC(=O)N1CCN(C(=S)NCCN(C)C)CC1. The quantitative estimate of drug-likeness (QED) is 0.746. The summed E-state index contributed by atoms with van der Waals surface area (Å²) in [7, 11) is 4.06. The molecule has 0 atom stereocenters. The van der Waals surface area contributed by atoms with Crippen molar-refractivity contribution in [1.82, 2.24) is 20.0 Å². The van der Waals surface area contributed by atoms with E-state index in [4.69, 9.17) is 17.0 Å². The highest BCUT2D eigenvalue weighted by atomic mass is 32.1. The van der Waals surface area contributed by atoms with Gasteiger partial charge in [-0.2, -0.15) is 0 Å². The Hall–Kier alpha value is -1.08. The Morgan fingerprint density at radius 2 is 1.84 bits per heavy atom. The van der Waals surface area contributed by atoms with Crippen LogP contribution in [0.3, 0.4) is 0 Å². The normalized spacial score (nSPS) is 15.6. The van der Waals surface area contributed by atoms with Gasteiger partial charge in [-0.15, -0.1) is 0 Å². The van der Waals surface area contributed by atoms with E-state index in [0.29, 0.717) is 19.7 Å². The van der Waals surface area contributed by atoms with Crippen molar-refractivity contribution in [2.75, 3.05) is 60.0 Å². The van der Waals surface area contributed by atoms with Crippen LogP contribution >= 0.6 is 12.2 Å². The molecule has 0 aromatic rings. The molecule has 0 aromatic carbocycles. The molecule has 19 heavy (non-hydrogen) atoms. The summed E-state index contributed by atoms with van der Waals surface area (Å²) in [5.74, 6) is 0. The van der Waals surface area contributed by atoms with E-state index in [1.54, 1.807) is 4.90 Å². The Morgan fingerprint density at radius 1 is 1.26 bits per heavy atom. The van der Waals surface area contributed by atoms with Gasteiger partial charge in [0.2, 0.25) is 0 Å². The van der Waals surface area contributed by atoms with Crippen molar-refractivity contribution in [2.24, 2.45) is 0 Å². The Bertz CT molecular complexity index is 304. The molecule has 0 saturated carbocycles. The number of carbonyl (C=O) groups is 1. The summed E-state index contributed by atoms with van der Waals surface area (Å²) in [6.45, 7) is 6.86. The number of ether oxygens (including phenoxy) is 1. The van der Waals surface area contributed by atoms with E-state index < -0.39 is 0 Å². The maximum Gasteiger partial charge on any atom is 0.409 e. The topological polar surface area (TPSA) is 48.1 Å². The lowest BCUT2D eigenvalue weighted by Gasteiger charge is -2.35. The molecule has 0 spiro atoms. The number of rotatable bonds is 4. The van der Waals surface area contributed by atoms with Gasteiger partial charge in [-0.05, 0) is 33.2 Å². The van der Waals surface area contributed by atoms with Crippen LogP contribution in [0.15, 0.2) is 0 Å². The second kappa shape index (κ2) is 8.16. The van der Waals surface area contributed by atoms with Crippen molar-refractivity contribution in [3.05, 3.63) is 0 Å². The predicted molar refractivity (Wildman–Crippen MR) is 79.3 cm³/mol. The summed E-state index contributed by atoms with van der Waals surface area (Å²) >= 11 is 5.34. The van der Waals surface area contributed by atoms with Crippen molar-refractivity contribution >= 4 is 23.4 Å². The number of amides is 1. The Balaban J connectivity index is 2.25. The fourth-order valence-corrected chi connectivity index (χ4v) is 2.09. The van der Waals surface area contributed by atoms with Gasteiger partial charge in [0.25, 0.3) is 0 Å². The third-order valence-corrected chi connectivity index (χ3v) is 3.33. The van der Waals surface area contributed by atoms with Crippen molar-refractivity contribution in [3.8, 4) is 0 Å². The van der Waals surface area contributed by atoms with Crippen LogP contribution in [0.25, 0.3) is 0 Å². The van der Waals surface area contributed by atoms with Gasteiger partial charge in [0, 0.05) is 39.3 Å². The van der Waals surface area contributed by atoms with Crippen LogP contribution in [-0.2, 0) is 4.74 Å². The van der Waals surface area contributed by atoms with Crippen molar-refractivity contribution in [2.45, 2.75) is 6.92 Å². The summed E-state index contributed by atoms with van der Waals surface area (Å²) in [4.78, 5) is 17.5. The molecule has 1 heterocycles. The lowest BCUT2D eigenvalue weighted by Crippen LogP contribution is -2.53. The minimum atomic E-state index is -0.228. The van der Waals surface area contributed by atoms with E-state index in [0.717, 1.165) is 31.3 Å². The van der Waals surface area contributed by atoms with E-state index in [2.05, 4.69) is 15.1 Å². The van der Waals surface area contributed by atoms with Crippen LogP contribution in [-0.4, -0.2) is 85.9 Å². The molecule has 7 heteroatoms. The van der Waals surface area contributed by atoms with Gasteiger partial charge in [-0.25, -0.2) is 4.79 Å². The molecule has 1 fully saturated rings. The molecule has 1 aliphatic rings. The first-order chi connectivity index (χ1) is 9.04. The minimum Gasteiger partial charge on any atom is -0.450 e. The van der Waals surface area contributed by atoms with E-state index in [1.165, 1.54) is 0 Å². The zero-order chi connectivity index (χ0) is 14.3. The molecule has 6 nitrogen and oxygen atoms in total. The molecule has 1 rings (SSSR count). The smallest absolute Gasteiger partial charge is 0.409 e. The molecule has 0 bridgehead atoms. The largest absolute Gasteiger partial charge is 0.450 e. The first-order valence-electron chi connectivity index (χ1n) is 6.63. The molecule has 0 unspecified atom stereocenters. The van der Waals surface area contributed by atoms with Gasteiger partial charge >= 0.3 is 6.09 Å². The highest BCUT2D eigenvalue weighted by Crippen LogP contribution is 2.04. The van der Waals surface area contributed by atoms with Gasteiger partial charge in [0.15, 0.2) is 5.11 Å². The van der Waals surface area contributed by atoms with Crippen LogP contribution in [0, 0.1) is 0 Å². The first-order valence-corrected chi connectivity index (χ1v) is 7.04. The van der Waals surface area contributed by atoms with Gasteiger partial charge in [0.05, 0.1) is 6.61 Å². The fourth-order valence-electron chi connectivity index (χ4n) is 1.81. The summed E-state index contributed by atoms with van der Waals surface area (Å²) in [5, 5.41) is 4.00. The van der Waals surface area contributed by atoms with E-state index in [9.17, 15) is 4.79 Å². The number of nitrogens with one attached hydrogen (secondary N) is 1. The molecular formula is C12H24N4O2S. The Kier molecular flexibility index (Phi) is 6.86. The molecular weight excluding hydrogens is 264 g/mol. The predicted octanol–water partition coefficient (Wildman–Crippen LogP) is 0.197. The average Bonchev–Trinajstić information content (AvgIpc) is 2.38. The van der Waals surface area contributed by atoms with Crippen LogP contribution < -0.4 is 5.32 Å². The van der Waals surface area contributed by atoms with Crippen LogP contribution in [0.2, 0.25) is 0 Å². The van der Waals surface area contributed by atoms with Gasteiger partial charge in [-0.1, -0.05) is 0 Å². The summed E-state index contributed by atoms with van der Waals surface area (Å²) in [6, 6.07) is 0. The number of piperazine rings is 1. The molecule has 0 aromatic heterocycles. The van der Waals surface area contributed by atoms with Crippen LogP contribution in [0.5, 0.6) is 0 Å². The molecule has 1 aliphatic heterocycles. The fraction of sp³-hybridized carbons (Fsp3) is 0.833. The van der Waals surface area contributed by atoms with Crippen molar-refractivity contribution in [1.29, 1.82) is 0 Å². The summed E-state index contributed by atoms with van der Waals surface area (Å²) < 4.78 is 4.98. The van der Waals surface area contributed by atoms with E-state index in [-0.39, 0.29) is 6.09 Å². The maximum atomic E-state index is 11.6. The number of hydrogen-bond donors (Lipinski definition) is 1. The number of likely N-dealkylation sites (N-methyl/N-ethyl adjacent to an activating group) is 1. The highest BCUT2D eigenvalue weighted by Gasteiger charge is 2.22. The van der Waals surface area contributed by atoms with E-state index in [1.807, 2.05) is 21.0 Å². The first kappa shape index (κ1) is 16.0. The molecule has 110 valence electrons. The molecule has 1 amide bonds. The van der Waals surface area contributed by atoms with Gasteiger partial charge in [0.1, 0.15) is 0 Å². The standard InChI is InChI=1S/C12H24N4O2S/c1-4-18-12(17)16-9-7-15(8-10-16)11(19)13-5-6-14(2)3/h4-10H2,1-3H3,(H,13,19). The molecule has 0 radical (unpaired) electrons. The van der Waals surface area contributed by atoms with Crippen LogP contribution in [0.4, 0.5) is 4.79 Å². The highest BCUT2D eigenvalue weighted by molar-refractivity contribution is 7.80. The molecule has 1 saturated heterocycles. The van der Waals surface area contributed by atoms with Gasteiger partial charge < -0.3 is 24.8 Å². The summed E-state index contributed by atoms with van der Waals surface area (Å²) in [6.07, 6.45) is -0.228. The number of nitrogens with zero attached hydrogens (tertiary/aromatic N) is 3. The van der Waals surface area contributed by atoms with Crippen LogP contribution in [0.1, 0.15) is 6.92 Å². The number of carbonyl (C=O) groups excluding carboxylic acids is 1. The molecule has 0 aliphatic carbocycles. The second-order valence-electron chi connectivity index (χ2n) is 4.71. The van der Waals surface area contributed by atoms with Gasteiger partial charge in [-0.3, -0.25) is 0 Å². The minimum absolute atomic E-state index is 0.228. The Labute approximate surface area is 120 Å². The van der Waals surface area contributed by atoms with Crippen molar-refractivity contribution in [3.63, 3.8) is 0 Å². The van der Waals surface area contributed by atoms with Crippen molar-refractivity contribution < 1.29 is 9.53 Å². The Morgan fingerprint density at radius 3 is 2.37 bits per heavy atom. The average molecular weight is 288 g/mol. The zero-order valence-electron chi connectivity index (χ0n) is 12.0. The second-order valence-corrected chi connectivity index (χ2v) is 5.09. The third-order valence-electron chi connectivity index (χ3n) is 2.93. The number of thiocarbonyl (C=S) groups is 1. The molecule has 1 N–H and O–H groups in total. The lowest BCUT2D eigenvalue weighted by molar-refractivity contribution is 0.0918. The third kappa shape index (κ3) is 5.61.